The predicted octanol–water partition coefficient (Wildman–Crippen LogP) is 2.35. The summed E-state index contributed by atoms with van der Waals surface area (Å²) in [7, 11) is 0. The molecule has 1 saturated carbocycles. The van der Waals surface area contributed by atoms with Gasteiger partial charge in [-0.05, 0) is 24.3 Å². The van der Waals surface area contributed by atoms with Gasteiger partial charge in [-0.2, -0.15) is 0 Å². The molecule has 1 fully saturated rings. The van der Waals surface area contributed by atoms with Gasteiger partial charge in [-0.25, -0.2) is 0 Å². The first kappa shape index (κ1) is 8.76. The highest BCUT2D eigenvalue weighted by Gasteiger charge is 2.44. The molecule has 1 aliphatic carbocycles. The molecule has 0 amide bonds. The normalized spacial score (nSPS) is 32.6. The summed E-state index contributed by atoms with van der Waals surface area (Å²) < 4.78 is 0. The molecular formula is C12H16O. The van der Waals surface area contributed by atoms with Crippen molar-refractivity contribution in [3.63, 3.8) is 0 Å². The molecule has 0 bridgehead atoms. The molecule has 2 rings (SSSR count). The van der Waals surface area contributed by atoms with Crippen molar-refractivity contribution >= 4 is 0 Å². The van der Waals surface area contributed by atoms with E-state index in [2.05, 4.69) is 31.2 Å². The summed E-state index contributed by atoms with van der Waals surface area (Å²) >= 11 is 0. The predicted molar refractivity (Wildman–Crippen MR) is 53.6 cm³/mol. The molecule has 0 heterocycles. The first-order valence-corrected chi connectivity index (χ1v) is 4.96. The van der Waals surface area contributed by atoms with E-state index in [1.165, 1.54) is 12.0 Å². The van der Waals surface area contributed by atoms with Crippen LogP contribution in [0.25, 0.3) is 0 Å². The zero-order valence-electron chi connectivity index (χ0n) is 8.03. The van der Waals surface area contributed by atoms with Crippen LogP contribution in [0, 0.1) is 5.92 Å². The number of aliphatic hydroxyl groups excluding tert-OH is 1. The maximum Gasteiger partial charge on any atom is 0.0530 e. The lowest BCUT2D eigenvalue weighted by molar-refractivity contribution is 0.0586. The van der Waals surface area contributed by atoms with Crippen molar-refractivity contribution in [1.82, 2.24) is 0 Å². The van der Waals surface area contributed by atoms with Crippen molar-refractivity contribution in [2.75, 3.05) is 6.61 Å². The smallest absolute Gasteiger partial charge is 0.0530 e. The Morgan fingerprint density at radius 3 is 2.46 bits per heavy atom. The molecular weight excluding hydrogens is 160 g/mol. The van der Waals surface area contributed by atoms with Gasteiger partial charge >= 0.3 is 0 Å². The third-order valence-corrected chi connectivity index (χ3v) is 3.60. The average Bonchev–Trinajstić information content (AvgIpc) is 2.19. The Balaban J connectivity index is 2.33. The maximum atomic E-state index is 9.46. The van der Waals surface area contributed by atoms with Crippen LogP contribution in [0.15, 0.2) is 30.3 Å². The van der Waals surface area contributed by atoms with Crippen LogP contribution < -0.4 is 0 Å². The van der Waals surface area contributed by atoms with E-state index in [1.807, 2.05) is 6.07 Å². The fraction of sp³-hybridized carbons (Fsp3) is 0.500. The molecule has 70 valence electrons. The van der Waals surface area contributed by atoms with Crippen LogP contribution in [0.2, 0.25) is 0 Å². The first-order valence-electron chi connectivity index (χ1n) is 4.96. The topological polar surface area (TPSA) is 20.2 Å². The van der Waals surface area contributed by atoms with Crippen LogP contribution in [0.4, 0.5) is 0 Å². The highest BCUT2D eigenvalue weighted by atomic mass is 16.3. The Morgan fingerprint density at radius 2 is 2.08 bits per heavy atom. The minimum atomic E-state index is 0.0707. The van der Waals surface area contributed by atoms with Crippen molar-refractivity contribution in [3.05, 3.63) is 35.9 Å². The van der Waals surface area contributed by atoms with Crippen LogP contribution in [-0.2, 0) is 5.41 Å². The van der Waals surface area contributed by atoms with Gasteiger partial charge in [0.2, 0.25) is 0 Å². The molecule has 0 spiro atoms. The Morgan fingerprint density at radius 1 is 1.38 bits per heavy atom. The quantitative estimate of drug-likeness (QED) is 0.733. The molecule has 1 heteroatoms. The lowest BCUT2D eigenvalue weighted by Gasteiger charge is -2.47. The molecule has 2 atom stereocenters. The van der Waals surface area contributed by atoms with Gasteiger partial charge in [0.25, 0.3) is 0 Å². The van der Waals surface area contributed by atoms with Gasteiger partial charge in [-0.15, -0.1) is 0 Å². The summed E-state index contributed by atoms with van der Waals surface area (Å²) in [4.78, 5) is 0. The molecule has 2 unspecified atom stereocenters. The largest absolute Gasteiger partial charge is 0.395 e. The number of benzene rings is 1. The fourth-order valence-electron chi connectivity index (χ4n) is 2.31. The van der Waals surface area contributed by atoms with Gasteiger partial charge in [0.15, 0.2) is 0 Å². The van der Waals surface area contributed by atoms with Crippen molar-refractivity contribution in [2.45, 2.75) is 25.2 Å². The monoisotopic (exact) mass is 176 g/mol. The first-order chi connectivity index (χ1) is 6.29. The molecule has 1 aromatic rings. The fourth-order valence-corrected chi connectivity index (χ4v) is 2.31. The Kier molecular flexibility index (Phi) is 2.12. The second-order valence-electron chi connectivity index (χ2n) is 4.12. The average molecular weight is 176 g/mol. The number of hydrogen-bond acceptors (Lipinski definition) is 1. The van der Waals surface area contributed by atoms with E-state index in [0.29, 0.717) is 5.92 Å². The number of rotatable bonds is 2. The molecule has 0 aromatic heterocycles. The summed E-state index contributed by atoms with van der Waals surface area (Å²) in [6, 6.07) is 10.4. The molecule has 13 heavy (non-hydrogen) atoms. The van der Waals surface area contributed by atoms with Crippen LogP contribution in [0.1, 0.15) is 25.3 Å². The summed E-state index contributed by atoms with van der Waals surface area (Å²) in [5.74, 6) is 0.625. The zero-order valence-corrected chi connectivity index (χ0v) is 8.03. The van der Waals surface area contributed by atoms with Gasteiger partial charge in [0.05, 0.1) is 6.61 Å². The van der Waals surface area contributed by atoms with Gasteiger partial charge in [-0.1, -0.05) is 37.3 Å². The van der Waals surface area contributed by atoms with Crippen molar-refractivity contribution < 1.29 is 5.11 Å². The van der Waals surface area contributed by atoms with E-state index < -0.39 is 0 Å². The van der Waals surface area contributed by atoms with Crippen LogP contribution in [-0.4, -0.2) is 11.7 Å². The van der Waals surface area contributed by atoms with E-state index >= 15 is 0 Å². The third kappa shape index (κ3) is 1.19. The maximum absolute atomic E-state index is 9.46. The van der Waals surface area contributed by atoms with Crippen LogP contribution >= 0.6 is 0 Å². The van der Waals surface area contributed by atoms with Gasteiger partial charge in [0, 0.05) is 5.41 Å². The standard InChI is InChI=1S/C12H16O/c1-10-7-8-12(10,9-13)11-5-3-2-4-6-11/h2-6,10,13H,7-9H2,1H3. The number of hydrogen-bond donors (Lipinski definition) is 1. The summed E-state index contributed by atoms with van der Waals surface area (Å²) in [5.41, 5.74) is 1.37. The van der Waals surface area contributed by atoms with E-state index in [0.717, 1.165) is 6.42 Å². The summed E-state index contributed by atoms with van der Waals surface area (Å²) in [6.07, 6.45) is 2.38. The minimum Gasteiger partial charge on any atom is -0.395 e. The van der Waals surface area contributed by atoms with E-state index in [1.54, 1.807) is 0 Å². The molecule has 0 aliphatic heterocycles. The molecule has 1 N–H and O–H groups in total. The molecule has 0 saturated heterocycles. The Hall–Kier alpha value is -0.820. The van der Waals surface area contributed by atoms with Gasteiger partial charge in [0.1, 0.15) is 0 Å². The Bertz CT molecular complexity index is 276. The van der Waals surface area contributed by atoms with Crippen molar-refractivity contribution in [3.8, 4) is 0 Å². The number of aliphatic hydroxyl groups is 1. The molecule has 0 radical (unpaired) electrons. The van der Waals surface area contributed by atoms with E-state index in [9.17, 15) is 5.11 Å². The second-order valence-corrected chi connectivity index (χ2v) is 4.12. The summed E-state index contributed by atoms with van der Waals surface area (Å²) in [6.45, 7) is 2.52. The highest BCUT2D eigenvalue weighted by molar-refractivity contribution is 5.29. The van der Waals surface area contributed by atoms with Crippen molar-refractivity contribution in [1.29, 1.82) is 0 Å². The van der Waals surface area contributed by atoms with Gasteiger partial charge < -0.3 is 5.11 Å². The Labute approximate surface area is 79.4 Å². The highest BCUT2D eigenvalue weighted by Crippen LogP contribution is 2.47. The second kappa shape index (κ2) is 3.15. The lowest BCUT2D eigenvalue weighted by Crippen LogP contribution is -2.45. The van der Waals surface area contributed by atoms with Crippen LogP contribution in [0.5, 0.6) is 0 Å². The molecule has 1 aliphatic rings. The van der Waals surface area contributed by atoms with Crippen LogP contribution in [0.3, 0.4) is 0 Å². The lowest BCUT2D eigenvalue weighted by atomic mass is 9.58. The van der Waals surface area contributed by atoms with E-state index in [-0.39, 0.29) is 12.0 Å². The van der Waals surface area contributed by atoms with Gasteiger partial charge in [-0.3, -0.25) is 0 Å². The SMILES string of the molecule is CC1CCC1(CO)c1ccccc1. The molecule has 1 aromatic carbocycles. The zero-order chi connectivity index (χ0) is 9.31. The summed E-state index contributed by atoms with van der Waals surface area (Å²) in [5, 5.41) is 9.46. The third-order valence-electron chi connectivity index (χ3n) is 3.60. The van der Waals surface area contributed by atoms with E-state index in [4.69, 9.17) is 0 Å². The molecule has 1 nitrogen and oxygen atoms in total. The minimum absolute atomic E-state index is 0.0707. The van der Waals surface area contributed by atoms with Crippen molar-refractivity contribution in [2.24, 2.45) is 5.92 Å².